The number of nitrogens with zero attached hydrogens (tertiary/aromatic N) is 6. The summed E-state index contributed by atoms with van der Waals surface area (Å²) in [6, 6.07) is 0. The van der Waals surface area contributed by atoms with Gasteiger partial charge in [0, 0.05) is 129 Å². The van der Waals surface area contributed by atoms with Crippen LogP contribution in [0.1, 0.15) is 240 Å². The third-order valence-corrected chi connectivity index (χ3v) is 18.5. The second-order valence-corrected chi connectivity index (χ2v) is 26.2. The molecular weight excluding hydrogens is 969 g/mol. The monoisotopic (exact) mass is 1100 g/mol. The molecule has 4 atom stereocenters. The second kappa shape index (κ2) is 52.4. The van der Waals surface area contributed by atoms with Gasteiger partial charge in [0.2, 0.25) is 0 Å². The van der Waals surface area contributed by atoms with Crippen molar-refractivity contribution in [2.75, 3.05) is 141 Å². The molecule has 2 fully saturated rings. The minimum atomic E-state index is -0.292. The number of rotatable bonds is 56. The molecule has 2 aliphatic heterocycles. The van der Waals surface area contributed by atoms with E-state index in [1.54, 1.807) is 0 Å². The summed E-state index contributed by atoms with van der Waals surface area (Å²) in [6.45, 7) is 28.0. The number of hydrogen-bond acceptors (Lipinski definition) is 12. The van der Waals surface area contributed by atoms with Gasteiger partial charge in [0.1, 0.15) is 0 Å². The molecule has 0 radical (unpaired) electrons. The molecule has 0 saturated carbocycles. The summed E-state index contributed by atoms with van der Waals surface area (Å²) in [4.78, 5) is 15.5. The lowest BCUT2D eigenvalue weighted by Crippen LogP contribution is -2.51. The normalized spacial score (nSPS) is 17.2. The molecule has 2 rings (SSSR count). The Labute approximate surface area is 475 Å². The zero-order valence-corrected chi connectivity index (χ0v) is 52.1. The molecule has 0 aromatic carbocycles. The number of thioether (sulfide) groups is 2. The standard InChI is InChI=1S/C63H130N6O4S2/c1-5-9-13-17-20-23-26-30-35-61(71)57-68(58-62(72)36-31-27-24-21-18-14-10-6-2)50-54-74-52-33-38-64-39-41-65(42-40-64)43-44-66-45-47-67(48-46-66)49-53-75-55-51-69(56-60(70)34-29-16-12-8-4)59-63(73)37-32-28-25-22-19-15-11-7-3/h60-63,70-73H,5-59H2,1-4H3. The van der Waals surface area contributed by atoms with Crippen LogP contribution >= 0.6 is 23.5 Å². The summed E-state index contributed by atoms with van der Waals surface area (Å²) >= 11 is 4.11. The van der Waals surface area contributed by atoms with Gasteiger partial charge in [-0.1, -0.05) is 207 Å². The number of piperazine rings is 2. The van der Waals surface area contributed by atoms with Crippen LogP contribution in [0.15, 0.2) is 0 Å². The Morgan fingerprint density at radius 1 is 0.293 bits per heavy atom. The molecule has 4 unspecified atom stereocenters. The summed E-state index contributed by atoms with van der Waals surface area (Å²) in [7, 11) is 0. The van der Waals surface area contributed by atoms with Crippen LogP contribution in [0.5, 0.6) is 0 Å². The van der Waals surface area contributed by atoms with Gasteiger partial charge in [-0.15, -0.1) is 0 Å². The van der Waals surface area contributed by atoms with Gasteiger partial charge in [0.25, 0.3) is 0 Å². The summed E-state index contributed by atoms with van der Waals surface area (Å²) in [5.41, 5.74) is 0. The molecule has 0 aromatic rings. The van der Waals surface area contributed by atoms with Gasteiger partial charge in [0.15, 0.2) is 0 Å². The van der Waals surface area contributed by atoms with Crippen molar-refractivity contribution >= 4 is 23.5 Å². The highest BCUT2D eigenvalue weighted by molar-refractivity contribution is 7.99. The SMILES string of the molecule is CCCCCCCCCCC(O)CN(CCSCCCN1CCN(CCN2CCN(CCSCCN(CC(O)CCCCCC)CC(O)CCCCCCCCCC)CC2)CC1)CC(O)CCCCCCCCCC. The minimum Gasteiger partial charge on any atom is -0.392 e. The Bertz CT molecular complexity index is 1140. The molecule has 0 aliphatic carbocycles. The quantitative estimate of drug-likeness (QED) is 0.0437. The number of aliphatic hydroxyl groups is 4. The van der Waals surface area contributed by atoms with Crippen LogP contribution in [0.4, 0.5) is 0 Å². The predicted molar refractivity (Wildman–Crippen MR) is 332 cm³/mol. The van der Waals surface area contributed by atoms with Gasteiger partial charge in [-0.2, -0.15) is 23.5 Å². The zero-order chi connectivity index (χ0) is 54.1. The maximum atomic E-state index is 11.0. The molecule has 12 heteroatoms. The first-order valence-electron chi connectivity index (χ1n) is 33.0. The van der Waals surface area contributed by atoms with Gasteiger partial charge in [0.05, 0.1) is 24.4 Å². The van der Waals surface area contributed by atoms with E-state index in [4.69, 9.17) is 0 Å². The highest BCUT2D eigenvalue weighted by Crippen LogP contribution is 2.17. The molecule has 2 heterocycles. The van der Waals surface area contributed by atoms with Gasteiger partial charge >= 0.3 is 0 Å². The van der Waals surface area contributed by atoms with Crippen LogP contribution in [-0.2, 0) is 0 Å². The average Bonchev–Trinajstić information content (AvgIpc) is 3.40. The van der Waals surface area contributed by atoms with Crippen molar-refractivity contribution in [1.29, 1.82) is 0 Å². The van der Waals surface area contributed by atoms with E-state index in [0.29, 0.717) is 26.2 Å². The summed E-state index contributed by atoms with van der Waals surface area (Å²) in [5, 5.41) is 44.0. The van der Waals surface area contributed by atoms with Crippen molar-refractivity contribution in [2.45, 2.75) is 264 Å². The smallest absolute Gasteiger partial charge is 0.0667 e. The Balaban J connectivity index is 1.59. The van der Waals surface area contributed by atoms with Crippen molar-refractivity contribution in [3.63, 3.8) is 0 Å². The minimum absolute atomic E-state index is 0.290. The summed E-state index contributed by atoms with van der Waals surface area (Å²) < 4.78 is 0. The van der Waals surface area contributed by atoms with Crippen LogP contribution in [-0.4, -0.2) is 215 Å². The zero-order valence-electron chi connectivity index (χ0n) is 50.5. The number of hydrogen-bond donors (Lipinski definition) is 4. The lowest BCUT2D eigenvalue weighted by atomic mass is 10.0. The van der Waals surface area contributed by atoms with Crippen molar-refractivity contribution in [2.24, 2.45) is 0 Å². The molecule has 4 N–H and O–H groups in total. The maximum Gasteiger partial charge on any atom is 0.0667 e. The van der Waals surface area contributed by atoms with E-state index in [1.807, 2.05) is 11.8 Å². The molecule has 0 aromatic heterocycles. The van der Waals surface area contributed by atoms with Crippen LogP contribution in [0.2, 0.25) is 0 Å². The predicted octanol–water partition coefficient (Wildman–Crippen LogP) is 12.7. The summed E-state index contributed by atoms with van der Waals surface area (Å²) in [5.74, 6) is 4.49. The fourth-order valence-corrected chi connectivity index (χ4v) is 13.3. The summed E-state index contributed by atoms with van der Waals surface area (Å²) in [6.07, 6.45) is 39.5. The first kappa shape index (κ1) is 71.4. The Hall–Kier alpha value is 0.300. The lowest BCUT2D eigenvalue weighted by Gasteiger charge is -2.38. The van der Waals surface area contributed by atoms with Crippen molar-refractivity contribution in [1.82, 2.24) is 29.4 Å². The Morgan fingerprint density at radius 2 is 0.547 bits per heavy atom. The van der Waals surface area contributed by atoms with E-state index in [0.717, 1.165) is 88.3 Å². The van der Waals surface area contributed by atoms with Crippen LogP contribution in [0.25, 0.3) is 0 Å². The fraction of sp³-hybridized carbons (Fsp3) is 1.00. The maximum absolute atomic E-state index is 11.0. The van der Waals surface area contributed by atoms with Crippen LogP contribution in [0.3, 0.4) is 0 Å². The molecular formula is C63H130N6O4S2. The molecule has 0 bridgehead atoms. The third kappa shape index (κ3) is 43.7. The van der Waals surface area contributed by atoms with E-state index in [2.05, 4.69) is 68.9 Å². The lowest BCUT2D eigenvalue weighted by molar-refractivity contribution is 0.0634. The van der Waals surface area contributed by atoms with E-state index < -0.39 is 0 Å². The molecule has 10 nitrogen and oxygen atoms in total. The van der Waals surface area contributed by atoms with Crippen LogP contribution in [0, 0.1) is 0 Å². The fourth-order valence-electron chi connectivity index (χ4n) is 11.4. The molecule has 2 saturated heterocycles. The van der Waals surface area contributed by atoms with Crippen LogP contribution < -0.4 is 0 Å². The van der Waals surface area contributed by atoms with E-state index in [9.17, 15) is 20.4 Å². The third-order valence-electron chi connectivity index (χ3n) is 16.5. The average molecular weight is 1100 g/mol. The molecule has 0 amide bonds. The van der Waals surface area contributed by atoms with Crippen molar-refractivity contribution < 1.29 is 20.4 Å². The Morgan fingerprint density at radius 3 is 0.867 bits per heavy atom. The number of unbranched alkanes of at least 4 members (excludes halogenated alkanes) is 24. The molecule has 2 aliphatic rings. The number of aliphatic hydroxyl groups excluding tert-OH is 4. The Kier molecular flexibility index (Phi) is 49.9. The van der Waals surface area contributed by atoms with Gasteiger partial charge < -0.3 is 25.3 Å². The van der Waals surface area contributed by atoms with E-state index in [-0.39, 0.29) is 24.4 Å². The first-order chi connectivity index (χ1) is 36.8. The van der Waals surface area contributed by atoms with E-state index in [1.165, 1.54) is 238 Å². The van der Waals surface area contributed by atoms with Crippen molar-refractivity contribution in [3.05, 3.63) is 0 Å². The highest BCUT2D eigenvalue weighted by Gasteiger charge is 2.22. The van der Waals surface area contributed by atoms with Gasteiger partial charge in [-0.3, -0.25) is 24.5 Å². The highest BCUT2D eigenvalue weighted by atomic mass is 32.2. The molecule has 448 valence electrons. The molecule has 75 heavy (non-hydrogen) atoms. The second-order valence-electron chi connectivity index (χ2n) is 23.7. The molecule has 0 spiro atoms. The van der Waals surface area contributed by atoms with Gasteiger partial charge in [-0.25, -0.2) is 0 Å². The van der Waals surface area contributed by atoms with E-state index >= 15 is 0 Å². The largest absolute Gasteiger partial charge is 0.392 e. The van der Waals surface area contributed by atoms with Crippen molar-refractivity contribution in [3.8, 4) is 0 Å². The van der Waals surface area contributed by atoms with Gasteiger partial charge in [-0.05, 0) is 44.4 Å². The first-order valence-corrected chi connectivity index (χ1v) is 35.3. The topological polar surface area (TPSA) is 100 Å².